The Balaban J connectivity index is 2.04. The van der Waals surface area contributed by atoms with E-state index >= 15 is 0 Å². The van der Waals surface area contributed by atoms with Crippen molar-refractivity contribution >= 4 is 0 Å². The van der Waals surface area contributed by atoms with Gasteiger partial charge in [-0.25, -0.2) is 0 Å². The van der Waals surface area contributed by atoms with E-state index in [2.05, 4.69) is 24.0 Å². The SMILES string of the molecule is CC(C)CC(CN)c1nc(C2CC2)no1. The summed E-state index contributed by atoms with van der Waals surface area (Å²) in [6, 6.07) is 0. The lowest BCUT2D eigenvalue weighted by molar-refractivity contribution is 0.332. The van der Waals surface area contributed by atoms with Crippen molar-refractivity contribution in [3.8, 4) is 0 Å². The molecule has 0 spiro atoms. The smallest absolute Gasteiger partial charge is 0.231 e. The maximum Gasteiger partial charge on any atom is 0.231 e. The van der Waals surface area contributed by atoms with Crippen molar-refractivity contribution in [2.45, 2.75) is 44.9 Å². The lowest BCUT2D eigenvalue weighted by Crippen LogP contribution is -2.15. The number of hydrogen-bond acceptors (Lipinski definition) is 4. The molecule has 0 radical (unpaired) electrons. The highest BCUT2D eigenvalue weighted by Crippen LogP contribution is 2.38. The fourth-order valence-electron chi connectivity index (χ4n) is 1.79. The van der Waals surface area contributed by atoms with Crippen molar-refractivity contribution < 1.29 is 4.52 Å². The molecule has 1 fully saturated rings. The van der Waals surface area contributed by atoms with Crippen LogP contribution in [0.1, 0.15) is 56.7 Å². The summed E-state index contributed by atoms with van der Waals surface area (Å²) in [6.07, 6.45) is 3.43. The molecule has 1 aromatic rings. The normalized spacial score (nSPS) is 18.4. The molecule has 0 amide bonds. The Morgan fingerprint density at radius 2 is 2.20 bits per heavy atom. The minimum Gasteiger partial charge on any atom is -0.339 e. The van der Waals surface area contributed by atoms with Crippen LogP contribution >= 0.6 is 0 Å². The zero-order valence-corrected chi connectivity index (χ0v) is 9.44. The van der Waals surface area contributed by atoms with Crippen molar-refractivity contribution in [2.24, 2.45) is 11.7 Å². The van der Waals surface area contributed by atoms with Gasteiger partial charge in [-0.2, -0.15) is 4.98 Å². The highest BCUT2D eigenvalue weighted by Gasteiger charge is 2.30. The Kier molecular flexibility index (Phi) is 3.05. The molecule has 2 N–H and O–H groups in total. The molecule has 15 heavy (non-hydrogen) atoms. The summed E-state index contributed by atoms with van der Waals surface area (Å²) in [5.74, 6) is 3.00. The first-order valence-electron chi connectivity index (χ1n) is 5.74. The van der Waals surface area contributed by atoms with Crippen LogP contribution in [0, 0.1) is 5.92 Å². The molecule has 1 heterocycles. The Morgan fingerprint density at radius 3 is 2.73 bits per heavy atom. The van der Waals surface area contributed by atoms with Gasteiger partial charge in [0, 0.05) is 12.5 Å². The summed E-state index contributed by atoms with van der Waals surface area (Å²) in [7, 11) is 0. The minimum atomic E-state index is 0.227. The molecule has 4 nitrogen and oxygen atoms in total. The summed E-state index contributed by atoms with van der Waals surface area (Å²) >= 11 is 0. The minimum absolute atomic E-state index is 0.227. The van der Waals surface area contributed by atoms with Gasteiger partial charge in [-0.05, 0) is 25.2 Å². The molecule has 0 bridgehead atoms. The van der Waals surface area contributed by atoms with E-state index in [-0.39, 0.29) is 5.92 Å². The van der Waals surface area contributed by atoms with Crippen LogP contribution in [0.2, 0.25) is 0 Å². The van der Waals surface area contributed by atoms with Crippen LogP contribution in [-0.4, -0.2) is 16.7 Å². The first-order chi connectivity index (χ1) is 7.20. The second-order valence-corrected chi connectivity index (χ2v) is 4.83. The third-order valence-corrected chi connectivity index (χ3v) is 2.79. The fraction of sp³-hybridized carbons (Fsp3) is 0.818. The van der Waals surface area contributed by atoms with E-state index < -0.39 is 0 Å². The highest BCUT2D eigenvalue weighted by molar-refractivity contribution is 5.05. The molecule has 2 rings (SSSR count). The van der Waals surface area contributed by atoms with E-state index in [0.29, 0.717) is 18.4 Å². The average Bonchev–Trinajstić information content (AvgIpc) is 2.93. The van der Waals surface area contributed by atoms with Crippen LogP contribution in [-0.2, 0) is 0 Å². The van der Waals surface area contributed by atoms with Gasteiger partial charge in [-0.1, -0.05) is 19.0 Å². The van der Waals surface area contributed by atoms with E-state index in [9.17, 15) is 0 Å². The number of nitrogens with zero attached hydrogens (tertiary/aromatic N) is 2. The van der Waals surface area contributed by atoms with Crippen molar-refractivity contribution in [2.75, 3.05) is 6.54 Å². The molecular weight excluding hydrogens is 190 g/mol. The van der Waals surface area contributed by atoms with Gasteiger partial charge in [-0.15, -0.1) is 0 Å². The molecule has 0 saturated heterocycles. The molecule has 0 aliphatic heterocycles. The topological polar surface area (TPSA) is 64.9 Å². The highest BCUT2D eigenvalue weighted by atomic mass is 16.5. The maximum atomic E-state index is 5.73. The quantitative estimate of drug-likeness (QED) is 0.805. The summed E-state index contributed by atoms with van der Waals surface area (Å²) in [5.41, 5.74) is 5.73. The first-order valence-corrected chi connectivity index (χ1v) is 5.74. The van der Waals surface area contributed by atoms with Crippen LogP contribution in [0.4, 0.5) is 0 Å². The number of aromatic nitrogens is 2. The van der Waals surface area contributed by atoms with Crippen LogP contribution in [0.3, 0.4) is 0 Å². The molecule has 1 aliphatic rings. The van der Waals surface area contributed by atoms with Crippen LogP contribution in [0.5, 0.6) is 0 Å². The number of hydrogen-bond donors (Lipinski definition) is 1. The summed E-state index contributed by atoms with van der Waals surface area (Å²) in [6.45, 7) is 4.95. The molecule has 1 aliphatic carbocycles. The van der Waals surface area contributed by atoms with Crippen molar-refractivity contribution in [1.29, 1.82) is 0 Å². The third-order valence-electron chi connectivity index (χ3n) is 2.79. The predicted octanol–water partition coefficient (Wildman–Crippen LogP) is 2.04. The second-order valence-electron chi connectivity index (χ2n) is 4.83. The lowest BCUT2D eigenvalue weighted by Gasteiger charge is -2.11. The molecule has 1 aromatic heterocycles. The van der Waals surface area contributed by atoms with E-state index in [1.165, 1.54) is 12.8 Å². The van der Waals surface area contributed by atoms with Crippen molar-refractivity contribution in [3.05, 3.63) is 11.7 Å². The molecule has 1 saturated carbocycles. The lowest BCUT2D eigenvalue weighted by atomic mass is 9.97. The standard InChI is InChI=1S/C11H19N3O/c1-7(2)5-9(6-12)11-13-10(14-15-11)8-3-4-8/h7-9H,3-6,12H2,1-2H3. The summed E-state index contributed by atoms with van der Waals surface area (Å²) in [4.78, 5) is 4.44. The van der Waals surface area contributed by atoms with Crippen LogP contribution in [0.15, 0.2) is 4.52 Å². The van der Waals surface area contributed by atoms with E-state index in [0.717, 1.165) is 18.1 Å². The molecular formula is C11H19N3O. The van der Waals surface area contributed by atoms with E-state index in [1.807, 2.05) is 0 Å². The predicted molar refractivity (Wildman–Crippen MR) is 57.5 cm³/mol. The molecule has 1 atom stereocenters. The largest absolute Gasteiger partial charge is 0.339 e. The van der Waals surface area contributed by atoms with Gasteiger partial charge in [0.15, 0.2) is 5.82 Å². The first kappa shape index (κ1) is 10.6. The molecule has 0 aromatic carbocycles. The summed E-state index contributed by atoms with van der Waals surface area (Å²) in [5, 5.41) is 4.01. The molecule has 84 valence electrons. The monoisotopic (exact) mass is 209 g/mol. The van der Waals surface area contributed by atoms with Gasteiger partial charge >= 0.3 is 0 Å². The Labute approximate surface area is 90.2 Å². The second kappa shape index (κ2) is 4.31. The fourth-order valence-corrected chi connectivity index (χ4v) is 1.79. The van der Waals surface area contributed by atoms with Crippen molar-refractivity contribution in [3.63, 3.8) is 0 Å². The zero-order valence-electron chi connectivity index (χ0n) is 9.44. The van der Waals surface area contributed by atoms with Gasteiger partial charge in [0.05, 0.1) is 5.92 Å². The van der Waals surface area contributed by atoms with E-state index in [1.54, 1.807) is 0 Å². The average molecular weight is 209 g/mol. The van der Waals surface area contributed by atoms with Gasteiger partial charge in [0.25, 0.3) is 0 Å². The Hall–Kier alpha value is -0.900. The summed E-state index contributed by atoms with van der Waals surface area (Å²) < 4.78 is 5.28. The van der Waals surface area contributed by atoms with Gasteiger partial charge in [0.2, 0.25) is 5.89 Å². The van der Waals surface area contributed by atoms with Gasteiger partial charge in [-0.3, -0.25) is 0 Å². The van der Waals surface area contributed by atoms with Crippen LogP contribution < -0.4 is 5.73 Å². The number of nitrogens with two attached hydrogens (primary N) is 1. The number of rotatable bonds is 5. The van der Waals surface area contributed by atoms with Crippen LogP contribution in [0.25, 0.3) is 0 Å². The third kappa shape index (κ3) is 2.56. The Bertz CT molecular complexity index is 317. The Morgan fingerprint density at radius 1 is 1.47 bits per heavy atom. The van der Waals surface area contributed by atoms with Gasteiger partial charge in [0.1, 0.15) is 0 Å². The molecule has 4 heteroatoms. The zero-order chi connectivity index (χ0) is 10.8. The van der Waals surface area contributed by atoms with Crippen molar-refractivity contribution in [1.82, 2.24) is 10.1 Å². The maximum absolute atomic E-state index is 5.73. The van der Waals surface area contributed by atoms with E-state index in [4.69, 9.17) is 10.3 Å². The van der Waals surface area contributed by atoms with Gasteiger partial charge < -0.3 is 10.3 Å². The molecule has 1 unspecified atom stereocenters.